The molecule has 0 bridgehead atoms. The van der Waals surface area contributed by atoms with Crippen molar-refractivity contribution in [3.05, 3.63) is 12.2 Å². The molecule has 53 heavy (non-hydrogen) atoms. The first-order valence-corrected chi connectivity index (χ1v) is 23.2. The molecule has 11 heteroatoms. The van der Waals surface area contributed by atoms with Crippen LogP contribution in [0, 0.1) is 0 Å². The number of unbranched alkanes of at least 4 members (excludes halogenated alkanes) is 26. The third kappa shape index (κ3) is 38.8. The van der Waals surface area contributed by atoms with Gasteiger partial charge in [0.1, 0.15) is 12.1 Å². The summed E-state index contributed by atoms with van der Waals surface area (Å²) in [7, 11) is -4.60. The predicted octanol–water partition coefficient (Wildman–Crippen LogP) is 11.8. The Morgan fingerprint density at radius 1 is 0.585 bits per heavy atom. The maximum atomic E-state index is 12.5. The Morgan fingerprint density at radius 2 is 0.981 bits per heavy atom. The Morgan fingerprint density at radius 3 is 1.43 bits per heavy atom. The molecule has 3 unspecified atom stereocenters. The summed E-state index contributed by atoms with van der Waals surface area (Å²) in [5.74, 6) is -1.77. The number of aliphatic carboxylic acids is 1. The Bertz CT molecular complexity index is 904. The Kier molecular flexibility index (Phi) is 38.0. The number of hydrogen-bond acceptors (Lipinski definition) is 8. The van der Waals surface area contributed by atoms with Gasteiger partial charge in [0, 0.05) is 13.0 Å². The van der Waals surface area contributed by atoms with E-state index in [0.29, 0.717) is 13.0 Å². The highest BCUT2D eigenvalue weighted by Gasteiger charge is 2.27. The number of allylic oxidation sites excluding steroid dienone is 2. The van der Waals surface area contributed by atoms with Crippen molar-refractivity contribution in [3.8, 4) is 0 Å². The first-order valence-electron chi connectivity index (χ1n) is 21.7. The molecule has 0 rings (SSSR count). The molecular formula is C42H82NO9P. The second-order valence-electron chi connectivity index (χ2n) is 14.8. The Labute approximate surface area is 324 Å². The van der Waals surface area contributed by atoms with E-state index >= 15 is 0 Å². The van der Waals surface area contributed by atoms with E-state index in [2.05, 4.69) is 26.0 Å². The number of carboxylic acid groups (broad SMARTS) is 1. The van der Waals surface area contributed by atoms with Crippen LogP contribution in [0.1, 0.15) is 206 Å². The molecule has 0 amide bonds. The van der Waals surface area contributed by atoms with Crippen molar-refractivity contribution in [2.75, 3.05) is 26.4 Å². The van der Waals surface area contributed by atoms with E-state index in [-0.39, 0.29) is 13.0 Å². The molecule has 4 N–H and O–H groups in total. The van der Waals surface area contributed by atoms with Gasteiger partial charge in [0.2, 0.25) is 0 Å². The van der Waals surface area contributed by atoms with E-state index in [0.717, 1.165) is 38.5 Å². The molecule has 0 fully saturated rings. The summed E-state index contributed by atoms with van der Waals surface area (Å²) in [6.45, 7) is 3.87. The van der Waals surface area contributed by atoms with Crippen molar-refractivity contribution >= 4 is 19.8 Å². The van der Waals surface area contributed by atoms with Gasteiger partial charge in [-0.1, -0.05) is 174 Å². The molecular weight excluding hydrogens is 693 g/mol. The van der Waals surface area contributed by atoms with Crippen LogP contribution in [-0.2, 0) is 32.7 Å². The zero-order chi connectivity index (χ0) is 39.1. The predicted molar refractivity (Wildman–Crippen MR) is 217 cm³/mol. The molecule has 0 spiro atoms. The quantitative estimate of drug-likeness (QED) is 0.0236. The van der Waals surface area contributed by atoms with Crippen molar-refractivity contribution in [1.82, 2.24) is 0 Å². The number of carbonyl (C=O) groups excluding carboxylic acids is 1. The van der Waals surface area contributed by atoms with E-state index in [1.54, 1.807) is 0 Å². The molecule has 3 atom stereocenters. The third-order valence-electron chi connectivity index (χ3n) is 9.54. The number of carboxylic acids is 1. The van der Waals surface area contributed by atoms with Crippen molar-refractivity contribution < 1.29 is 42.7 Å². The normalized spacial score (nSPS) is 14.0. The van der Waals surface area contributed by atoms with Crippen LogP contribution in [0.25, 0.3) is 0 Å². The fourth-order valence-corrected chi connectivity index (χ4v) is 6.91. The lowest BCUT2D eigenvalue weighted by Gasteiger charge is -2.20. The van der Waals surface area contributed by atoms with E-state index in [1.165, 1.54) is 141 Å². The van der Waals surface area contributed by atoms with Gasteiger partial charge in [0.25, 0.3) is 0 Å². The SMILES string of the molecule is CCCCCCCCCC/C=C\CCCCCCCCCCCCOCC(COP(=O)(O)OCC(N)C(=O)O)OC(=O)CCCCCCCCCCC. The summed E-state index contributed by atoms with van der Waals surface area (Å²) >= 11 is 0. The van der Waals surface area contributed by atoms with Gasteiger partial charge in [0.15, 0.2) is 0 Å². The van der Waals surface area contributed by atoms with Gasteiger partial charge in [0.05, 0.1) is 19.8 Å². The van der Waals surface area contributed by atoms with Crippen LogP contribution in [0.4, 0.5) is 0 Å². The molecule has 0 aliphatic heterocycles. The lowest BCUT2D eigenvalue weighted by molar-refractivity contribution is -0.154. The fraction of sp³-hybridized carbons (Fsp3) is 0.905. The molecule has 0 saturated carbocycles. The number of phosphoric acid groups is 1. The molecule has 0 aromatic heterocycles. The number of phosphoric ester groups is 1. The van der Waals surface area contributed by atoms with Crippen molar-refractivity contribution in [2.45, 2.75) is 219 Å². The molecule has 0 radical (unpaired) electrons. The van der Waals surface area contributed by atoms with E-state index in [4.69, 9.17) is 29.4 Å². The summed E-state index contributed by atoms with van der Waals surface area (Å²) in [6.07, 6.45) is 39.9. The van der Waals surface area contributed by atoms with Gasteiger partial charge in [-0.05, 0) is 38.5 Å². The highest BCUT2D eigenvalue weighted by molar-refractivity contribution is 7.47. The second-order valence-corrected chi connectivity index (χ2v) is 16.3. The number of esters is 1. The summed E-state index contributed by atoms with van der Waals surface area (Å²) in [6, 6.07) is -1.47. The molecule has 0 heterocycles. The Balaban J connectivity index is 4.07. The third-order valence-corrected chi connectivity index (χ3v) is 10.5. The average Bonchev–Trinajstić information content (AvgIpc) is 3.13. The Hall–Kier alpha value is -1.29. The number of rotatable bonds is 42. The minimum atomic E-state index is -4.60. The van der Waals surface area contributed by atoms with Gasteiger partial charge < -0.3 is 25.2 Å². The smallest absolute Gasteiger partial charge is 0.472 e. The van der Waals surface area contributed by atoms with E-state index < -0.39 is 45.1 Å². The van der Waals surface area contributed by atoms with Crippen LogP contribution in [0.3, 0.4) is 0 Å². The zero-order valence-corrected chi connectivity index (χ0v) is 35.0. The van der Waals surface area contributed by atoms with Crippen LogP contribution < -0.4 is 5.73 Å². The largest absolute Gasteiger partial charge is 0.480 e. The number of carbonyl (C=O) groups is 2. The monoisotopic (exact) mass is 776 g/mol. The maximum absolute atomic E-state index is 12.5. The minimum Gasteiger partial charge on any atom is -0.480 e. The summed E-state index contributed by atoms with van der Waals surface area (Å²) < 4.78 is 33.2. The first-order chi connectivity index (χ1) is 25.7. The second kappa shape index (κ2) is 39.0. The lowest BCUT2D eigenvalue weighted by atomic mass is 10.1. The molecule has 0 saturated heterocycles. The molecule has 0 aromatic rings. The van der Waals surface area contributed by atoms with Crippen LogP contribution in [-0.4, -0.2) is 60.5 Å². The van der Waals surface area contributed by atoms with Crippen LogP contribution >= 0.6 is 7.82 Å². The molecule has 10 nitrogen and oxygen atoms in total. The first kappa shape index (κ1) is 51.7. The van der Waals surface area contributed by atoms with Crippen molar-refractivity contribution in [3.63, 3.8) is 0 Å². The number of ether oxygens (including phenoxy) is 2. The summed E-state index contributed by atoms with van der Waals surface area (Å²) in [5, 5.41) is 8.87. The van der Waals surface area contributed by atoms with Crippen LogP contribution in [0.2, 0.25) is 0 Å². The molecule has 0 aliphatic carbocycles. The maximum Gasteiger partial charge on any atom is 0.472 e. The fourth-order valence-electron chi connectivity index (χ4n) is 6.13. The molecule has 0 aromatic carbocycles. The van der Waals surface area contributed by atoms with Gasteiger partial charge >= 0.3 is 19.8 Å². The van der Waals surface area contributed by atoms with Crippen molar-refractivity contribution in [1.29, 1.82) is 0 Å². The van der Waals surface area contributed by atoms with E-state index in [1.807, 2.05) is 0 Å². The number of hydrogen-bond donors (Lipinski definition) is 3. The number of nitrogens with two attached hydrogens (primary N) is 1. The van der Waals surface area contributed by atoms with Crippen LogP contribution in [0.5, 0.6) is 0 Å². The minimum absolute atomic E-state index is 0.0210. The van der Waals surface area contributed by atoms with Gasteiger partial charge in [-0.15, -0.1) is 0 Å². The van der Waals surface area contributed by atoms with Crippen molar-refractivity contribution in [2.24, 2.45) is 5.73 Å². The van der Waals surface area contributed by atoms with E-state index in [9.17, 15) is 19.0 Å². The zero-order valence-electron chi connectivity index (χ0n) is 34.1. The van der Waals surface area contributed by atoms with Gasteiger partial charge in [-0.2, -0.15) is 0 Å². The standard InChI is InChI=1S/C42H82NO9P/c1-3-5-7-9-11-13-14-15-16-17-18-19-20-21-22-23-24-25-27-29-31-33-35-49-36-39(37-50-53(47,48)51-38-40(43)42(45)46)52-41(44)34-32-30-28-26-12-10-8-6-4-2/h17-18,39-40H,3-16,19-38,43H2,1-2H3,(H,45,46)(H,47,48)/b18-17-. The van der Waals surface area contributed by atoms with Crippen LogP contribution in [0.15, 0.2) is 12.2 Å². The summed E-state index contributed by atoms with van der Waals surface area (Å²) in [4.78, 5) is 33.4. The lowest BCUT2D eigenvalue weighted by Crippen LogP contribution is -2.34. The topological polar surface area (TPSA) is 155 Å². The average molecular weight is 776 g/mol. The highest BCUT2D eigenvalue weighted by atomic mass is 31.2. The van der Waals surface area contributed by atoms with Gasteiger partial charge in [-0.25, -0.2) is 4.57 Å². The summed E-state index contributed by atoms with van der Waals surface area (Å²) in [5.41, 5.74) is 5.34. The molecule has 314 valence electrons. The highest BCUT2D eigenvalue weighted by Crippen LogP contribution is 2.43. The molecule has 0 aliphatic rings. The van der Waals surface area contributed by atoms with Gasteiger partial charge in [-0.3, -0.25) is 18.6 Å².